The zero-order valence-corrected chi connectivity index (χ0v) is 12.0. The van der Waals surface area contributed by atoms with Gasteiger partial charge in [-0.1, -0.05) is 26.2 Å². The molecule has 0 aromatic rings. The Morgan fingerprint density at radius 3 is 2.47 bits per heavy atom. The molecule has 1 N–H and O–H groups in total. The van der Waals surface area contributed by atoms with E-state index in [1.165, 1.54) is 57.9 Å². The van der Waals surface area contributed by atoms with Crippen LogP contribution >= 0.6 is 0 Å². The maximum Gasteiger partial charge on any atom is 0.0543 e. The molecule has 2 heteroatoms. The minimum atomic E-state index is 0.407. The lowest BCUT2D eigenvalue weighted by Crippen LogP contribution is -2.38. The zero-order valence-electron chi connectivity index (χ0n) is 12.0. The SMILES string of the molecule is CCCNC(CCC(C)OC)C1CCCCC1. The molecule has 2 atom stereocenters. The van der Waals surface area contributed by atoms with Crippen LogP contribution in [0.15, 0.2) is 0 Å². The van der Waals surface area contributed by atoms with Crippen molar-refractivity contribution < 1.29 is 4.74 Å². The van der Waals surface area contributed by atoms with Crippen molar-refractivity contribution in [2.24, 2.45) is 5.92 Å². The van der Waals surface area contributed by atoms with Crippen molar-refractivity contribution in [1.82, 2.24) is 5.32 Å². The van der Waals surface area contributed by atoms with E-state index >= 15 is 0 Å². The summed E-state index contributed by atoms with van der Waals surface area (Å²) in [4.78, 5) is 0. The Balaban J connectivity index is 2.35. The third-order valence-electron chi connectivity index (χ3n) is 4.16. The van der Waals surface area contributed by atoms with Gasteiger partial charge in [-0.15, -0.1) is 0 Å². The van der Waals surface area contributed by atoms with E-state index in [4.69, 9.17) is 4.74 Å². The first kappa shape index (κ1) is 15.0. The molecule has 0 aromatic heterocycles. The Morgan fingerprint density at radius 2 is 1.88 bits per heavy atom. The number of methoxy groups -OCH3 is 1. The Labute approximate surface area is 108 Å². The van der Waals surface area contributed by atoms with Gasteiger partial charge >= 0.3 is 0 Å². The molecule has 0 aliphatic heterocycles. The molecule has 0 amide bonds. The Kier molecular flexibility index (Phi) is 7.87. The van der Waals surface area contributed by atoms with Gasteiger partial charge in [0.2, 0.25) is 0 Å². The molecule has 102 valence electrons. The van der Waals surface area contributed by atoms with Gasteiger partial charge in [0.1, 0.15) is 0 Å². The first-order chi connectivity index (χ1) is 8.27. The zero-order chi connectivity index (χ0) is 12.5. The summed E-state index contributed by atoms with van der Waals surface area (Å²) >= 11 is 0. The molecule has 0 saturated heterocycles. The van der Waals surface area contributed by atoms with Gasteiger partial charge in [-0.25, -0.2) is 0 Å². The molecule has 1 aliphatic rings. The van der Waals surface area contributed by atoms with Gasteiger partial charge in [0.15, 0.2) is 0 Å². The Morgan fingerprint density at radius 1 is 1.18 bits per heavy atom. The summed E-state index contributed by atoms with van der Waals surface area (Å²) in [6, 6.07) is 0.729. The predicted octanol–water partition coefficient (Wildman–Crippen LogP) is 3.75. The van der Waals surface area contributed by atoms with Crippen LogP contribution in [0.5, 0.6) is 0 Å². The first-order valence-corrected chi connectivity index (χ1v) is 7.54. The summed E-state index contributed by atoms with van der Waals surface area (Å²) in [6.07, 6.45) is 11.3. The average Bonchev–Trinajstić information content (AvgIpc) is 2.39. The number of hydrogen-bond donors (Lipinski definition) is 1. The van der Waals surface area contributed by atoms with Crippen molar-refractivity contribution in [3.05, 3.63) is 0 Å². The topological polar surface area (TPSA) is 21.3 Å². The molecular formula is C15H31NO. The second-order valence-electron chi connectivity index (χ2n) is 5.58. The van der Waals surface area contributed by atoms with Crippen LogP contribution in [0, 0.1) is 5.92 Å². The van der Waals surface area contributed by atoms with Crippen LogP contribution < -0.4 is 5.32 Å². The maximum absolute atomic E-state index is 5.36. The maximum atomic E-state index is 5.36. The summed E-state index contributed by atoms with van der Waals surface area (Å²) in [5, 5.41) is 3.76. The highest BCUT2D eigenvalue weighted by Crippen LogP contribution is 2.28. The van der Waals surface area contributed by atoms with Crippen molar-refractivity contribution >= 4 is 0 Å². The summed E-state index contributed by atoms with van der Waals surface area (Å²) < 4.78 is 5.36. The minimum absolute atomic E-state index is 0.407. The summed E-state index contributed by atoms with van der Waals surface area (Å²) in [7, 11) is 1.82. The molecule has 1 saturated carbocycles. The monoisotopic (exact) mass is 241 g/mol. The fourth-order valence-corrected chi connectivity index (χ4v) is 2.90. The molecule has 0 aromatic carbocycles. The number of nitrogens with one attached hydrogen (secondary N) is 1. The summed E-state index contributed by atoms with van der Waals surface area (Å²) in [5.41, 5.74) is 0. The standard InChI is InChI=1S/C15H31NO/c1-4-12-16-15(11-10-13(2)17-3)14-8-6-5-7-9-14/h13-16H,4-12H2,1-3H3. The smallest absolute Gasteiger partial charge is 0.0543 e. The molecule has 2 unspecified atom stereocenters. The van der Waals surface area contributed by atoms with Crippen molar-refractivity contribution in [3.63, 3.8) is 0 Å². The molecule has 0 bridgehead atoms. The van der Waals surface area contributed by atoms with Crippen LogP contribution in [0.4, 0.5) is 0 Å². The molecule has 1 aliphatic carbocycles. The van der Waals surface area contributed by atoms with E-state index in [1.54, 1.807) is 0 Å². The van der Waals surface area contributed by atoms with Gasteiger partial charge in [-0.05, 0) is 51.5 Å². The van der Waals surface area contributed by atoms with Gasteiger partial charge in [0, 0.05) is 13.2 Å². The molecule has 17 heavy (non-hydrogen) atoms. The third-order valence-corrected chi connectivity index (χ3v) is 4.16. The molecular weight excluding hydrogens is 210 g/mol. The number of rotatable bonds is 8. The van der Waals surface area contributed by atoms with E-state index in [0.717, 1.165) is 12.0 Å². The van der Waals surface area contributed by atoms with Crippen LogP contribution in [0.25, 0.3) is 0 Å². The van der Waals surface area contributed by atoms with Crippen molar-refractivity contribution in [2.45, 2.75) is 77.4 Å². The second kappa shape index (κ2) is 8.93. The minimum Gasteiger partial charge on any atom is -0.382 e. The van der Waals surface area contributed by atoms with E-state index in [9.17, 15) is 0 Å². The largest absolute Gasteiger partial charge is 0.382 e. The highest BCUT2D eigenvalue weighted by Gasteiger charge is 2.23. The fourth-order valence-electron chi connectivity index (χ4n) is 2.90. The van der Waals surface area contributed by atoms with E-state index in [2.05, 4.69) is 19.2 Å². The molecule has 0 heterocycles. The number of hydrogen-bond acceptors (Lipinski definition) is 2. The lowest BCUT2D eigenvalue weighted by atomic mass is 9.82. The highest BCUT2D eigenvalue weighted by molar-refractivity contribution is 4.80. The van der Waals surface area contributed by atoms with E-state index in [1.807, 2.05) is 7.11 Å². The fraction of sp³-hybridized carbons (Fsp3) is 1.00. The van der Waals surface area contributed by atoms with Crippen LogP contribution in [-0.4, -0.2) is 25.8 Å². The van der Waals surface area contributed by atoms with E-state index < -0.39 is 0 Å². The van der Waals surface area contributed by atoms with Gasteiger partial charge in [-0.3, -0.25) is 0 Å². The van der Waals surface area contributed by atoms with Crippen LogP contribution in [0.2, 0.25) is 0 Å². The Bertz CT molecular complexity index is 178. The van der Waals surface area contributed by atoms with Crippen molar-refractivity contribution in [2.75, 3.05) is 13.7 Å². The molecule has 0 spiro atoms. The second-order valence-corrected chi connectivity index (χ2v) is 5.58. The van der Waals surface area contributed by atoms with Gasteiger partial charge in [-0.2, -0.15) is 0 Å². The van der Waals surface area contributed by atoms with Gasteiger partial charge < -0.3 is 10.1 Å². The van der Waals surface area contributed by atoms with Gasteiger partial charge in [0.05, 0.1) is 6.10 Å². The van der Waals surface area contributed by atoms with E-state index in [-0.39, 0.29) is 0 Å². The predicted molar refractivity (Wildman–Crippen MR) is 74.4 cm³/mol. The summed E-state index contributed by atoms with van der Waals surface area (Å²) in [6.45, 7) is 5.60. The number of ether oxygens (including phenoxy) is 1. The lowest BCUT2D eigenvalue weighted by Gasteiger charge is -2.31. The van der Waals surface area contributed by atoms with Gasteiger partial charge in [0.25, 0.3) is 0 Å². The normalized spacial score (nSPS) is 21.4. The molecule has 2 nitrogen and oxygen atoms in total. The average molecular weight is 241 g/mol. The quantitative estimate of drug-likeness (QED) is 0.699. The molecule has 1 fully saturated rings. The van der Waals surface area contributed by atoms with Crippen molar-refractivity contribution in [3.8, 4) is 0 Å². The summed E-state index contributed by atoms with van der Waals surface area (Å²) in [5.74, 6) is 0.916. The van der Waals surface area contributed by atoms with Crippen LogP contribution in [0.1, 0.15) is 65.2 Å². The van der Waals surface area contributed by atoms with Crippen LogP contribution in [0.3, 0.4) is 0 Å². The van der Waals surface area contributed by atoms with Crippen molar-refractivity contribution in [1.29, 1.82) is 0 Å². The lowest BCUT2D eigenvalue weighted by molar-refractivity contribution is 0.101. The highest BCUT2D eigenvalue weighted by atomic mass is 16.5. The third kappa shape index (κ3) is 5.87. The molecule has 0 radical (unpaired) electrons. The first-order valence-electron chi connectivity index (χ1n) is 7.54. The van der Waals surface area contributed by atoms with Crippen LogP contribution in [-0.2, 0) is 4.74 Å². The van der Waals surface area contributed by atoms with E-state index in [0.29, 0.717) is 6.10 Å². The molecule has 1 rings (SSSR count). The Hall–Kier alpha value is -0.0800.